The number of ketones is 1. The van der Waals surface area contributed by atoms with Crippen LogP contribution in [0.2, 0.25) is 0 Å². The third kappa shape index (κ3) is 3.96. The van der Waals surface area contributed by atoms with Crippen molar-refractivity contribution >= 4 is 11.8 Å². The Bertz CT molecular complexity index is 707. The molecule has 2 rings (SSSR count). The molecule has 124 valence electrons. The summed E-state index contributed by atoms with van der Waals surface area (Å²) in [6, 6.07) is 14.2. The second-order valence-corrected chi connectivity index (χ2v) is 5.27. The van der Waals surface area contributed by atoms with E-state index in [1.54, 1.807) is 49.4 Å². The van der Waals surface area contributed by atoms with E-state index in [4.69, 9.17) is 4.74 Å². The molecule has 0 heterocycles. The fraction of sp³-hybridized carbons (Fsp3) is 0.200. The van der Waals surface area contributed by atoms with Crippen molar-refractivity contribution in [1.82, 2.24) is 0 Å². The second kappa shape index (κ2) is 8.20. The summed E-state index contributed by atoms with van der Waals surface area (Å²) in [5, 5.41) is 0. The maximum atomic E-state index is 13.2. The van der Waals surface area contributed by atoms with Gasteiger partial charge in [-0.05, 0) is 24.6 Å². The average molecular weight is 326 g/mol. The van der Waals surface area contributed by atoms with Gasteiger partial charge in [-0.1, -0.05) is 48.5 Å². The first-order valence-corrected chi connectivity index (χ1v) is 7.72. The number of benzene rings is 2. The molecule has 0 fully saturated rings. The highest BCUT2D eigenvalue weighted by molar-refractivity contribution is 6.09. The molecule has 0 aliphatic carbocycles. The molecule has 0 bridgehead atoms. The number of hydrogen-bond donors (Lipinski definition) is 0. The van der Waals surface area contributed by atoms with Gasteiger partial charge in [0.2, 0.25) is 0 Å². The summed E-state index contributed by atoms with van der Waals surface area (Å²) in [5.74, 6) is -3.00. The van der Waals surface area contributed by atoms with Gasteiger partial charge in [-0.3, -0.25) is 9.59 Å². The molecular weight excluding hydrogens is 307 g/mol. The minimum atomic E-state index is -1.06. The Kier molecular flexibility index (Phi) is 6.01. The van der Waals surface area contributed by atoms with Crippen LogP contribution in [0.15, 0.2) is 67.3 Å². The van der Waals surface area contributed by atoms with Gasteiger partial charge in [-0.25, -0.2) is 4.39 Å². The Labute approximate surface area is 140 Å². The molecule has 0 N–H and O–H groups in total. The molecule has 2 aromatic rings. The molecule has 4 heteroatoms. The lowest BCUT2D eigenvalue weighted by Crippen LogP contribution is -2.31. The largest absolute Gasteiger partial charge is 0.465 e. The molecule has 24 heavy (non-hydrogen) atoms. The number of halogens is 1. The van der Waals surface area contributed by atoms with Crippen molar-refractivity contribution in [3.8, 4) is 0 Å². The van der Waals surface area contributed by atoms with Crippen LogP contribution in [0.5, 0.6) is 0 Å². The highest BCUT2D eigenvalue weighted by Gasteiger charge is 2.36. The van der Waals surface area contributed by atoms with Crippen molar-refractivity contribution in [2.24, 2.45) is 5.92 Å². The van der Waals surface area contributed by atoms with Crippen molar-refractivity contribution in [3.63, 3.8) is 0 Å². The standard InChI is InChI=1S/C20H19FO3/c1-3-17(14-10-12-16(21)13-11-14)18(20(23)24-4-2)19(22)15-8-6-5-7-9-15/h3,5-13,17-18H,1,4H2,2H3/t17-,18+/m0/s1. The number of ether oxygens (including phenoxy) is 1. The van der Waals surface area contributed by atoms with Crippen LogP contribution in [-0.4, -0.2) is 18.4 Å². The van der Waals surface area contributed by atoms with Crippen LogP contribution >= 0.6 is 0 Å². The summed E-state index contributed by atoms with van der Waals surface area (Å²) in [7, 11) is 0. The topological polar surface area (TPSA) is 43.4 Å². The van der Waals surface area contributed by atoms with Crippen LogP contribution in [0.25, 0.3) is 0 Å². The van der Waals surface area contributed by atoms with Crippen molar-refractivity contribution in [1.29, 1.82) is 0 Å². The zero-order chi connectivity index (χ0) is 17.5. The summed E-state index contributed by atoms with van der Waals surface area (Å²) in [6.07, 6.45) is 1.52. The van der Waals surface area contributed by atoms with E-state index >= 15 is 0 Å². The van der Waals surface area contributed by atoms with Crippen LogP contribution in [-0.2, 0) is 9.53 Å². The highest BCUT2D eigenvalue weighted by atomic mass is 19.1. The number of esters is 1. The van der Waals surface area contributed by atoms with Gasteiger partial charge >= 0.3 is 5.97 Å². The molecule has 2 atom stereocenters. The summed E-state index contributed by atoms with van der Waals surface area (Å²) in [6.45, 7) is 5.60. The zero-order valence-corrected chi connectivity index (χ0v) is 13.4. The van der Waals surface area contributed by atoms with Gasteiger partial charge in [-0.15, -0.1) is 6.58 Å². The van der Waals surface area contributed by atoms with Crippen LogP contribution in [0.3, 0.4) is 0 Å². The van der Waals surface area contributed by atoms with Gasteiger partial charge < -0.3 is 4.74 Å². The SMILES string of the molecule is C=C[C@@H](c1ccc(F)cc1)[C@@H](C(=O)OCC)C(=O)c1ccccc1. The Balaban J connectivity index is 2.44. The van der Waals surface area contributed by atoms with Gasteiger partial charge in [0.1, 0.15) is 11.7 Å². The molecule has 0 radical (unpaired) electrons. The molecule has 0 spiro atoms. The lowest BCUT2D eigenvalue weighted by atomic mass is 9.81. The molecule has 0 saturated carbocycles. The summed E-state index contributed by atoms with van der Waals surface area (Å²) < 4.78 is 18.3. The Morgan fingerprint density at radius 1 is 1.12 bits per heavy atom. The molecule has 0 amide bonds. The van der Waals surface area contributed by atoms with Crippen molar-refractivity contribution < 1.29 is 18.7 Å². The second-order valence-electron chi connectivity index (χ2n) is 5.27. The predicted octanol–water partition coefficient (Wildman–Crippen LogP) is 4.16. The summed E-state index contributed by atoms with van der Waals surface area (Å²) in [5.41, 5.74) is 1.05. The lowest BCUT2D eigenvalue weighted by Gasteiger charge is -2.22. The minimum absolute atomic E-state index is 0.171. The third-order valence-corrected chi connectivity index (χ3v) is 3.75. The number of carbonyl (C=O) groups excluding carboxylic acids is 2. The van der Waals surface area contributed by atoms with Crippen LogP contribution in [0, 0.1) is 11.7 Å². The first-order valence-electron chi connectivity index (χ1n) is 7.72. The summed E-state index contributed by atoms with van der Waals surface area (Å²) >= 11 is 0. The van der Waals surface area contributed by atoms with Crippen molar-refractivity contribution in [3.05, 3.63) is 84.2 Å². The van der Waals surface area contributed by atoms with E-state index in [9.17, 15) is 14.0 Å². The molecule has 2 aromatic carbocycles. The van der Waals surface area contributed by atoms with E-state index in [0.29, 0.717) is 11.1 Å². The first kappa shape index (κ1) is 17.6. The lowest BCUT2D eigenvalue weighted by molar-refractivity contribution is -0.146. The van der Waals surface area contributed by atoms with E-state index in [1.807, 2.05) is 0 Å². The van der Waals surface area contributed by atoms with Crippen molar-refractivity contribution in [2.45, 2.75) is 12.8 Å². The number of Topliss-reactive ketones (excluding diaryl/α,β-unsaturated/α-hetero) is 1. The van der Waals surface area contributed by atoms with E-state index < -0.39 is 17.8 Å². The summed E-state index contributed by atoms with van der Waals surface area (Å²) in [4.78, 5) is 25.3. The maximum absolute atomic E-state index is 13.2. The normalized spacial score (nSPS) is 12.9. The monoisotopic (exact) mass is 326 g/mol. The van der Waals surface area contributed by atoms with Crippen LogP contribution in [0.4, 0.5) is 4.39 Å². The minimum Gasteiger partial charge on any atom is -0.465 e. The number of carbonyl (C=O) groups is 2. The fourth-order valence-corrected chi connectivity index (χ4v) is 2.58. The van der Waals surface area contributed by atoms with Crippen LogP contribution in [0.1, 0.15) is 28.8 Å². The molecule has 0 aliphatic rings. The molecule has 0 saturated heterocycles. The molecule has 0 aliphatic heterocycles. The zero-order valence-electron chi connectivity index (χ0n) is 13.4. The number of hydrogen-bond acceptors (Lipinski definition) is 3. The molecule has 3 nitrogen and oxygen atoms in total. The average Bonchev–Trinajstić information content (AvgIpc) is 2.61. The third-order valence-electron chi connectivity index (χ3n) is 3.75. The van der Waals surface area contributed by atoms with Gasteiger partial charge in [0.05, 0.1) is 6.61 Å². The highest BCUT2D eigenvalue weighted by Crippen LogP contribution is 2.30. The predicted molar refractivity (Wildman–Crippen MR) is 90.2 cm³/mol. The molecular formula is C20H19FO3. The van der Waals surface area contributed by atoms with E-state index in [-0.39, 0.29) is 18.2 Å². The smallest absolute Gasteiger partial charge is 0.317 e. The molecule has 0 unspecified atom stereocenters. The van der Waals surface area contributed by atoms with E-state index in [0.717, 1.165) is 0 Å². The van der Waals surface area contributed by atoms with E-state index in [1.165, 1.54) is 18.2 Å². The Hall–Kier alpha value is -2.75. The quantitative estimate of drug-likeness (QED) is 0.332. The fourth-order valence-electron chi connectivity index (χ4n) is 2.58. The van der Waals surface area contributed by atoms with E-state index in [2.05, 4.69) is 6.58 Å². The van der Waals surface area contributed by atoms with Gasteiger partial charge in [0.15, 0.2) is 5.78 Å². The maximum Gasteiger partial charge on any atom is 0.317 e. The van der Waals surface area contributed by atoms with Gasteiger partial charge in [-0.2, -0.15) is 0 Å². The number of rotatable bonds is 7. The van der Waals surface area contributed by atoms with Gasteiger partial charge in [0, 0.05) is 11.5 Å². The van der Waals surface area contributed by atoms with Gasteiger partial charge in [0.25, 0.3) is 0 Å². The van der Waals surface area contributed by atoms with Crippen LogP contribution < -0.4 is 0 Å². The number of allylic oxidation sites excluding steroid dienone is 1. The molecule has 0 aromatic heterocycles. The Morgan fingerprint density at radius 3 is 2.29 bits per heavy atom. The van der Waals surface area contributed by atoms with Crippen molar-refractivity contribution in [2.75, 3.05) is 6.61 Å². The first-order chi connectivity index (χ1) is 11.6. The Morgan fingerprint density at radius 2 is 1.75 bits per heavy atom.